The smallest absolute Gasteiger partial charge is 0.243 e. The van der Waals surface area contributed by atoms with Crippen molar-refractivity contribution in [3.05, 3.63) is 54.1 Å². The molecule has 0 bridgehead atoms. The van der Waals surface area contributed by atoms with E-state index < -0.39 is 16.1 Å². The van der Waals surface area contributed by atoms with Gasteiger partial charge in [-0.15, -0.1) is 0 Å². The fourth-order valence-electron chi connectivity index (χ4n) is 3.03. The Morgan fingerprint density at radius 2 is 1.52 bits per heavy atom. The number of sulfonamides is 1. The molecule has 8 heteroatoms. The summed E-state index contributed by atoms with van der Waals surface area (Å²) >= 11 is 0. The van der Waals surface area contributed by atoms with E-state index in [1.165, 1.54) is 7.11 Å². The summed E-state index contributed by atoms with van der Waals surface area (Å²) in [6.45, 7) is 2.19. The molecular formula is C21H28N2O5S. The van der Waals surface area contributed by atoms with Crippen molar-refractivity contribution in [2.45, 2.75) is 25.8 Å². The van der Waals surface area contributed by atoms with E-state index in [2.05, 4.69) is 5.32 Å². The van der Waals surface area contributed by atoms with Crippen molar-refractivity contribution in [1.82, 2.24) is 5.32 Å². The quantitative estimate of drug-likeness (QED) is 0.639. The van der Waals surface area contributed by atoms with E-state index >= 15 is 0 Å². The molecule has 0 saturated carbocycles. The van der Waals surface area contributed by atoms with Gasteiger partial charge in [-0.3, -0.25) is 9.10 Å². The molecule has 29 heavy (non-hydrogen) atoms. The number of ether oxygens (including phenoxy) is 2. The van der Waals surface area contributed by atoms with Gasteiger partial charge < -0.3 is 14.8 Å². The maximum absolute atomic E-state index is 12.8. The van der Waals surface area contributed by atoms with Crippen molar-refractivity contribution in [2.24, 2.45) is 0 Å². The summed E-state index contributed by atoms with van der Waals surface area (Å²) in [5.41, 5.74) is 1.47. The zero-order valence-corrected chi connectivity index (χ0v) is 18.0. The lowest BCUT2D eigenvalue weighted by Gasteiger charge is -2.30. The number of carbonyl (C=O) groups is 1. The minimum atomic E-state index is -3.66. The third-order valence-corrected chi connectivity index (χ3v) is 5.71. The molecule has 1 amide bonds. The lowest BCUT2D eigenvalue weighted by Crippen LogP contribution is -2.49. The Morgan fingerprint density at radius 3 is 1.97 bits per heavy atom. The average Bonchev–Trinajstić information content (AvgIpc) is 2.71. The van der Waals surface area contributed by atoms with Gasteiger partial charge in [-0.05, 0) is 54.8 Å². The highest BCUT2D eigenvalue weighted by molar-refractivity contribution is 7.92. The van der Waals surface area contributed by atoms with Gasteiger partial charge in [0.15, 0.2) is 0 Å². The molecule has 0 radical (unpaired) electrons. The number of benzene rings is 2. The van der Waals surface area contributed by atoms with Gasteiger partial charge in [-0.25, -0.2) is 8.42 Å². The number of anilines is 1. The van der Waals surface area contributed by atoms with Crippen LogP contribution in [0.25, 0.3) is 0 Å². The number of nitrogens with zero attached hydrogens (tertiary/aromatic N) is 1. The van der Waals surface area contributed by atoms with E-state index in [0.29, 0.717) is 30.8 Å². The number of nitrogens with one attached hydrogen (secondary N) is 1. The summed E-state index contributed by atoms with van der Waals surface area (Å²) in [4.78, 5) is 12.8. The zero-order chi connectivity index (χ0) is 21.4. The Labute approximate surface area is 172 Å². The molecule has 0 aliphatic carbocycles. The highest BCUT2D eigenvalue weighted by atomic mass is 32.2. The van der Waals surface area contributed by atoms with Crippen LogP contribution in [0.3, 0.4) is 0 Å². The number of rotatable bonds is 10. The topological polar surface area (TPSA) is 84.9 Å². The summed E-state index contributed by atoms with van der Waals surface area (Å²) in [7, 11) is -0.517. The maximum atomic E-state index is 12.8. The molecular weight excluding hydrogens is 392 g/mol. The number of hydrogen-bond acceptors (Lipinski definition) is 5. The lowest BCUT2D eigenvalue weighted by atomic mass is 10.1. The second-order valence-electron chi connectivity index (χ2n) is 6.57. The first-order chi connectivity index (χ1) is 13.8. The van der Waals surface area contributed by atoms with E-state index in [1.54, 1.807) is 38.3 Å². The molecule has 0 saturated heterocycles. The van der Waals surface area contributed by atoms with Crippen LogP contribution < -0.4 is 19.1 Å². The number of amides is 1. The second kappa shape index (κ2) is 10.2. The van der Waals surface area contributed by atoms with Crippen molar-refractivity contribution in [3.8, 4) is 11.5 Å². The Bertz CT molecular complexity index is 896. The van der Waals surface area contributed by atoms with Crippen LogP contribution in [0.15, 0.2) is 48.5 Å². The molecule has 2 aromatic rings. The number of hydrogen-bond donors (Lipinski definition) is 1. The Morgan fingerprint density at radius 1 is 1.00 bits per heavy atom. The summed E-state index contributed by atoms with van der Waals surface area (Å²) in [6.07, 6.45) is 2.07. The Hall–Kier alpha value is -2.74. The average molecular weight is 421 g/mol. The van der Waals surface area contributed by atoms with E-state index in [-0.39, 0.29) is 5.91 Å². The van der Waals surface area contributed by atoms with Gasteiger partial charge in [-0.2, -0.15) is 0 Å². The molecule has 7 nitrogen and oxygen atoms in total. The van der Waals surface area contributed by atoms with Gasteiger partial charge in [0.05, 0.1) is 26.2 Å². The predicted octanol–water partition coefficient (Wildman–Crippen LogP) is 2.61. The third-order valence-electron chi connectivity index (χ3n) is 4.53. The number of carbonyl (C=O) groups excluding carboxylic acids is 1. The Kier molecular flexibility index (Phi) is 7.90. The van der Waals surface area contributed by atoms with Gasteiger partial charge in [0.25, 0.3) is 0 Å². The Balaban J connectivity index is 2.10. The molecule has 0 aliphatic heterocycles. The molecule has 0 heterocycles. The zero-order valence-electron chi connectivity index (χ0n) is 17.2. The van der Waals surface area contributed by atoms with Crippen LogP contribution in [0.2, 0.25) is 0 Å². The summed E-state index contributed by atoms with van der Waals surface area (Å²) < 4.78 is 36.3. The molecule has 0 unspecified atom stereocenters. The summed E-state index contributed by atoms with van der Waals surface area (Å²) in [6, 6.07) is 13.4. The fourth-order valence-corrected chi connectivity index (χ4v) is 4.24. The largest absolute Gasteiger partial charge is 0.497 e. The molecule has 0 spiro atoms. The molecule has 0 fully saturated rings. The third kappa shape index (κ3) is 6.12. The fraction of sp³-hybridized carbons (Fsp3) is 0.381. The highest BCUT2D eigenvalue weighted by Gasteiger charge is 2.31. The summed E-state index contributed by atoms with van der Waals surface area (Å²) in [5.74, 6) is 1.05. The maximum Gasteiger partial charge on any atom is 0.243 e. The van der Waals surface area contributed by atoms with Crippen LogP contribution in [0.1, 0.15) is 18.9 Å². The molecule has 2 rings (SSSR count). The van der Waals surface area contributed by atoms with Gasteiger partial charge >= 0.3 is 0 Å². The first-order valence-electron chi connectivity index (χ1n) is 9.34. The van der Waals surface area contributed by atoms with Crippen molar-refractivity contribution < 1.29 is 22.7 Å². The molecule has 0 aromatic heterocycles. The normalized spacial score (nSPS) is 12.1. The number of methoxy groups -OCH3 is 2. The first-order valence-corrected chi connectivity index (χ1v) is 11.2. The SMILES string of the molecule is CC[C@@H](C(=O)NCCc1ccc(OC)cc1)N(c1ccc(OC)cc1)S(C)(=O)=O. The van der Waals surface area contributed by atoms with Crippen LogP contribution in [0, 0.1) is 0 Å². The molecule has 1 atom stereocenters. The molecule has 158 valence electrons. The van der Waals surface area contributed by atoms with Gasteiger partial charge in [0, 0.05) is 6.54 Å². The van der Waals surface area contributed by atoms with Crippen molar-refractivity contribution in [2.75, 3.05) is 31.3 Å². The minimum absolute atomic E-state index is 0.331. The van der Waals surface area contributed by atoms with Crippen molar-refractivity contribution in [3.63, 3.8) is 0 Å². The molecule has 1 N–H and O–H groups in total. The van der Waals surface area contributed by atoms with E-state index in [0.717, 1.165) is 21.9 Å². The standard InChI is InChI=1S/C21H28N2O5S/c1-5-20(21(24)22-15-14-16-6-10-18(27-2)11-7-16)23(29(4,25)26)17-8-12-19(28-3)13-9-17/h6-13,20H,5,14-15H2,1-4H3,(H,22,24)/t20-/m0/s1. The van der Waals surface area contributed by atoms with Crippen LogP contribution in [0.4, 0.5) is 5.69 Å². The van der Waals surface area contributed by atoms with Crippen LogP contribution >= 0.6 is 0 Å². The highest BCUT2D eigenvalue weighted by Crippen LogP contribution is 2.25. The van der Waals surface area contributed by atoms with Gasteiger partial charge in [-0.1, -0.05) is 19.1 Å². The van der Waals surface area contributed by atoms with Gasteiger partial charge in [0.1, 0.15) is 17.5 Å². The van der Waals surface area contributed by atoms with E-state index in [1.807, 2.05) is 24.3 Å². The second-order valence-corrected chi connectivity index (χ2v) is 8.43. The molecule has 2 aromatic carbocycles. The lowest BCUT2D eigenvalue weighted by molar-refractivity contribution is -0.122. The minimum Gasteiger partial charge on any atom is -0.497 e. The van der Waals surface area contributed by atoms with E-state index in [4.69, 9.17) is 9.47 Å². The monoisotopic (exact) mass is 420 g/mol. The van der Waals surface area contributed by atoms with Crippen LogP contribution in [-0.4, -0.2) is 47.4 Å². The first kappa shape index (κ1) is 22.5. The van der Waals surface area contributed by atoms with Crippen LogP contribution in [0.5, 0.6) is 11.5 Å². The summed E-state index contributed by atoms with van der Waals surface area (Å²) in [5, 5.41) is 2.85. The van der Waals surface area contributed by atoms with E-state index in [9.17, 15) is 13.2 Å². The van der Waals surface area contributed by atoms with Crippen molar-refractivity contribution >= 4 is 21.6 Å². The van der Waals surface area contributed by atoms with Crippen molar-refractivity contribution in [1.29, 1.82) is 0 Å². The van der Waals surface area contributed by atoms with Crippen LogP contribution in [-0.2, 0) is 21.2 Å². The molecule has 0 aliphatic rings. The predicted molar refractivity (Wildman–Crippen MR) is 114 cm³/mol. The van der Waals surface area contributed by atoms with Gasteiger partial charge in [0.2, 0.25) is 15.9 Å².